The van der Waals surface area contributed by atoms with Gasteiger partial charge in [0.15, 0.2) is 11.5 Å². The van der Waals surface area contributed by atoms with Gasteiger partial charge in [-0.25, -0.2) is 0 Å². The Bertz CT molecular complexity index is 811. The van der Waals surface area contributed by atoms with Crippen molar-refractivity contribution in [2.24, 2.45) is 0 Å². The minimum atomic E-state index is -2.97. The summed E-state index contributed by atoms with van der Waals surface area (Å²) in [6.07, 6.45) is 2.63. The predicted molar refractivity (Wildman–Crippen MR) is 95.3 cm³/mol. The molecule has 0 aromatic heterocycles. The fourth-order valence-corrected chi connectivity index (χ4v) is 2.08. The van der Waals surface area contributed by atoms with E-state index in [9.17, 15) is 18.4 Å². The van der Waals surface area contributed by atoms with Crippen molar-refractivity contribution in [3.63, 3.8) is 0 Å². The van der Waals surface area contributed by atoms with Crippen LogP contribution in [0.5, 0.6) is 11.5 Å². The van der Waals surface area contributed by atoms with Crippen molar-refractivity contribution < 1.29 is 27.8 Å². The predicted octanol–water partition coefficient (Wildman–Crippen LogP) is 3.16. The highest BCUT2D eigenvalue weighted by molar-refractivity contribution is 5.97. The molecule has 2 amide bonds. The highest BCUT2D eigenvalue weighted by Gasteiger charge is 2.11. The van der Waals surface area contributed by atoms with E-state index in [-0.39, 0.29) is 18.1 Å². The standard InChI is InChI=1S/C19H18F2N2O4/c1-2-26-16-12-13(8-10-15(16)27-19(20)21)9-11-17(24)22-23-18(25)14-6-4-3-5-7-14/h3-12,19H,2H2,1H3,(H,22,24)(H,23,25). The summed E-state index contributed by atoms with van der Waals surface area (Å²) >= 11 is 0. The van der Waals surface area contributed by atoms with Crippen molar-refractivity contribution in [1.82, 2.24) is 10.9 Å². The van der Waals surface area contributed by atoms with E-state index in [0.717, 1.165) is 0 Å². The first-order valence-corrected chi connectivity index (χ1v) is 8.04. The van der Waals surface area contributed by atoms with Crippen LogP contribution in [0.2, 0.25) is 0 Å². The second-order valence-electron chi connectivity index (χ2n) is 5.16. The van der Waals surface area contributed by atoms with E-state index in [1.165, 1.54) is 30.4 Å². The molecule has 0 atom stereocenters. The van der Waals surface area contributed by atoms with Gasteiger partial charge in [-0.2, -0.15) is 8.78 Å². The number of carbonyl (C=O) groups excluding carboxylic acids is 2. The molecule has 6 nitrogen and oxygen atoms in total. The zero-order valence-electron chi connectivity index (χ0n) is 14.4. The Morgan fingerprint density at radius 1 is 1.07 bits per heavy atom. The van der Waals surface area contributed by atoms with Crippen molar-refractivity contribution in [2.75, 3.05) is 6.61 Å². The van der Waals surface area contributed by atoms with Gasteiger partial charge in [-0.3, -0.25) is 20.4 Å². The quantitative estimate of drug-likeness (QED) is 0.575. The molecular weight excluding hydrogens is 358 g/mol. The number of rotatable bonds is 7. The van der Waals surface area contributed by atoms with Crippen LogP contribution in [0.3, 0.4) is 0 Å². The van der Waals surface area contributed by atoms with Gasteiger partial charge in [-0.15, -0.1) is 0 Å². The summed E-state index contributed by atoms with van der Waals surface area (Å²) in [6, 6.07) is 12.7. The smallest absolute Gasteiger partial charge is 0.387 e. The Kier molecular flexibility index (Phi) is 7.30. The first-order valence-electron chi connectivity index (χ1n) is 8.04. The number of carbonyl (C=O) groups is 2. The Hall–Kier alpha value is -3.42. The molecule has 142 valence electrons. The van der Waals surface area contributed by atoms with Gasteiger partial charge >= 0.3 is 6.61 Å². The monoisotopic (exact) mass is 376 g/mol. The molecule has 2 rings (SSSR count). The van der Waals surface area contributed by atoms with E-state index < -0.39 is 18.4 Å². The maximum Gasteiger partial charge on any atom is 0.387 e. The van der Waals surface area contributed by atoms with Crippen molar-refractivity contribution >= 4 is 17.9 Å². The third-order valence-corrected chi connectivity index (χ3v) is 3.25. The van der Waals surface area contributed by atoms with Crippen molar-refractivity contribution in [1.29, 1.82) is 0 Å². The number of halogens is 2. The van der Waals surface area contributed by atoms with E-state index in [4.69, 9.17) is 4.74 Å². The lowest BCUT2D eigenvalue weighted by Crippen LogP contribution is -2.40. The van der Waals surface area contributed by atoms with Gasteiger partial charge in [-0.1, -0.05) is 24.3 Å². The summed E-state index contributed by atoms with van der Waals surface area (Å²) in [7, 11) is 0. The minimum absolute atomic E-state index is 0.0939. The van der Waals surface area contributed by atoms with Crippen LogP contribution in [0.25, 0.3) is 6.08 Å². The van der Waals surface area contributed by atoms with Crippen LogP contribution in [-0.2, 0) is 4.79 Å². The van der Waals surface area contributed by atoms with Crippen LogP contribution < -0.4 is 20.3 Å². The van der Waals surface area contributed by atoms with Crippen LogP contribution in [0.15, 0.2) is 54.6 Å². The van der Waals surface area contributed by atoms with Crippen molar-refractivity contribution in [3.8, 4) is 11.5 Å². The maximum absolute atomic E-state index is 12.4. The Morgan fingerprint density at radius 2 is 1.81 bits per heavy atom. The number of amides is 2. The summed E-state index contributed by atoms with van der Waals surface area (Å²) in [4.78, 5) is 23.6. The lowest BCUT2D eigenvalue weighted by atomic mass is 10.2. The topological polar surface area (TPSA) is 76.7 Å². The number of ether oxygens (including phenoxy) is 2. The molecule has 0 spiro atoms. The van der Waals surface area contributed by atoms with Crippen molar-refractivity contribution in [3.05, 3.63) is 65.7 Å². The Morgan fingerprint density at radius 3 is 2.48 bits per heavy atom. The van der Waals surface area contributed by atoms with E-state index >= 15 is 0 Å². The summed E-state index contributed by atoms with van der Waals surface area (Å²) < 4.78 is 34.4. The number of alkyl halides is 2. The van der Waals surface area contributed by atoms with Gasteiger partial charge < -0.3 is 9.47 Å². The molecule has 0 bridgehead atoms. The molecule has 0 saturated heterocycles. The van der Waals surface area contributed by atoms with Gasteiger partial charge in [0.2, 0.25) is 0 Å². The molecule has 0 radical (unpaired) electrons. The van der Waals surface area contributed by atoms with Crippen LogP contribution in [0, 0.1) is 0 Å². The maximum atomic E-state index is 12.4. The molecule has 2 N–H and O–H groups in total. The molecule has 2 aromatic carbocycles. The van der Waals surface area contributed by atoms with Crippen LogP contribution in [-0.4, -0.2) is 25.0 Å². The Balaban J connectivity index is 1.96. The molecule has 8 heteroatoms. The molecule has 0 saturated carbocycles. The van der Waals surface area contributed by atoms with Crippen LogP contribution in [0.1, 0.15) is 22.8 Å². The molecule has 0 unspecified atom stereocenters. The van der Waals surface area contributed by atoms with E-state index in [1.54, 1.807) is 37.3 Å². The summed E-state index contributed by atoms with van der Waals surface area (Å²) in [5.74, 6) is -0.976. The van der Waals surface area contributed by atoms with E-state index in [2.05, 4.69) is 15.6 Å². The SMILES string of the molecule is CCOc1cc(C=CC(=O)NNC(=O)c2ccccc2)ccc1OC(F)F. The number of nitrogens with one attached hydrogen (secondary N) is 2. The number of hydrogen-bond acceptors (Lipinski definition) is 4. The summed E-state index contributed by atoms with van der Waals surface area (Å²) in [5, 5.41) is 0. The first kappa shape index (κ1) is 19.9. The molecule has 0 heterocycles. The lowest BCUT2D eigenvalue weighted by Gasteiger charge is -2.11. The fraction of sp³-hybridized carbons (Fsp3) is 0.158. The molecular formula is C19H18F2N2O4. The van der Waals surface area contributed by atoms with Crippen molar-refractivity contribution in [2.45, 2.75) is 13.5 Å². The van der Waals surface area contributed by atoms with E-state index in [0.29, 0.717) is 11.1 Å². The largest absolute Gasteiger partial charge is 0.490 e. The van der Waals surface area contributed by atoms with Gasteiger partial charge in [-0.05, 0) is 42.8 Å². The third kappa shape index (κ3) is 6.43. The molecule has 0 aliphatic carbocycles. The third-order valence-electron chi connectivity index (χ3n) is 3.25. The molecule has 0 aliphatic heterocycles. The summed E-state index contributed by atoms with van der Waals surface area (Å²) in [6.45, 7) is -0.999. The minimum Gasteiger partial charge on any atom is -0.490 e. The first-order chi connectivity index (χ1) is 13.0. The number of benzene rings is 2. The van der Waals surface area contributed by atoms with Gasteiger partial charge in [0.1, 0.15) is 0 Å². The summed E-state index contributed by atoms with van der Waals surface area (Å²) in [5.41, 5.74) is 5.46. The average Bonchev–Trinajstić information content (AvgIpc) is 2.66. The molecule has 0 fully saturated rings. The van der Waals surface area contributed by atoms with Gasteiger partial charge in [0.25, 0.3) is 11.8 Å². The molecule has 0 aliphatic rings. The second kappa shape index (κ2) is 9.91. The van der Waals surface area contributed by atoms with Crippen LogP contribution in [0.4, 0.5) is 8.78 Å². The molecule has 27 heavy (non-hydrogen) atoms. The molecule has 2 aromatic rings. The highest BCUT2D eigenvalue weighted by Crippen LogP contribution is 2.30. The lowest BCUT2D eigenvalue weighted by molar-refractivity contribution is -0.117. The highest BCUT2D eigenvalue weighted by atomic mass is 19.3. The van der Waals surface area contributed by atoms with Gasteiger partial charge in [0.05, 0.1) is 6.61 Å². The zero-order chi connectivity index (χ0) is 19.6. The Labute approximate surface area is 154 Å². The van der Waals surface area contributed by atoms with E-state index in [1.807, 2.05) is 0 Å². The average molecular weight is 376 g/mol. The fourth-order valence-electron chi connectivity index (χ4n) is 2.08. The normalized spacial score (nSPS) is 10.7. The zero-order valence-corrected chi connectivity index (χ0v) is 14.4. The van der Waals surface area contributed by atoms with Gasteiger partial charge in [0, 0.05) is 11.6 Å². The number of hydrogen-bond donors (Lipinski definition) is 2. The second-order valence-corrected chi connectivity index (χ2v) is 5.16. The van der Waals surface area contributed by atoms with Crippen LogP contribution >= 0.6 is 0 Å². The number of hydrazine groups is 1.